The molecule has 162 valence electrons. The molecule has 1 aliphatic carbocycles. The van der Waals surface area contributed by atoms with Crippen LogP contribution in [0.2, 0.25) is 0 Å². The third-order valence-electron chi connectivity index (χ3n) is 5.43. The van der Waals surface area contributed by atoms with Crippen LogP contribution in [0, 0.1) is 6.92 Å². The van der Waals surface area contributed by atoms with Crippen LogP contribution in [0.3, 0.4) is 0 Å². The minimum absolute atomic E-state index is 0.0437. The number of benzene rings is 1. The summed E-state index contributed by atoms with van der Waals surface area (Å²) in [6, 6.07) is 6.42. The van der Waals surface area contributed by atoms with Crippen LogP contribution < -0.4 is 0 Å². The lowest BCUT2D eigenvalue weighted by Gasteiger charge is -2.31. The number of nitrogens with zero attached hydrogens (tertiary/aromatic N) is 2. The van der Waals surface area contributed by atoms with Crippen molar-refractivity contribution in [3.8, 4) is 0 Å². The normalized spacial score (nSPS) is 16.0. The molecule has 0 bridgehead atoms. The van der Waals surface area contributed by atoms with Gasteiger partial charge in [-0.2, -0.15) is 0 Å². The lowest BCUT2D eigenvalue weighted by molar-refractivity contribution is -0.0598. The zero-order valence-corrected chi connectivity index (χ0v) is 19.4. The highest BCUT2D eigenvalue weighted by atomic mass is 16.5. The monoisotopic (exact) mass is 408 g/mol. The molecule has 4 heteroatoms. The van der Waals surface area contributed by atoms with E-state index in [9.17, 15) is 5.11 Å². The average molecular weight is 409 g/mol. The second-order valence-electron chi connectivity index (χ2n) is 9.67. The van der Waals surface area contributed by atoms with Crippen LogP contribution in [0.5, 0.6) is 0 Å². The average Bonchev–Trinajstić information content (AvgIpc) is 2.64. The summed E-state index contributed by atoms with van der Waals surface area (Å²) in [4.78, 5) is 7.08. The van der Waals surface area contributed by atoms with E-state index >= 15 is 0 Å². The number of hydrogen-bond donors (Lipinski definition) is 1. The maximum absolute atomic E-state index is 10.5. The SMILES string of the molecule is C=C(O)[C@@H](OC(C)(C)C)c1c(C)cc2nc(CN(C)C)ccc2c1C1=CCCCC1. The van der Waals surface area contributed by atoms with Gasteiger partial charge in [-0.25, -0.2) is 0 Å². The van der Waals surface area contributed by atoms with Gasteiger partial charge in [-0.3, -0.25) is 4.98 Å². The largest absolute Gasteiger partial charge is 0.510 e. The molecule has 4 nitrogen and oxygen atoms in total. The number of allylic oxidation sites excluding steroid dienone is 2. The highest BCUT2D eigenvalue weighted by Crippen LogP contribution is 2.42. The first-order valence-electron chi connectivity index (χ1n) is 10.9. The first-order chi connectivity index (χ1) is 14.1. The van der Waals surface area contributed by atoms with E-state index < -0.39 is 11.7 Å². The number of aryl methyl sites for hydroxylation is 1. The smallest absolute Gasteiger partial charge is 0.140 e. The van der Waals surface area contributed by atoms with E-state index in [1.165, 1.54) is 18.4 Å². The molecule has 1 aromatic heterocycles. The van der Waals surface area contributed by atoms with E-state index in [2.05, 4.69) is 56.8 Å². The topological polar surface area (TPSA) is 45.6 Å². The summed E-state index contributed by atoms with van der Waals surface area (Å²) < 4.78 is 6.32. The molecule has 0 unspecified atom stereocenters. The van der Waals surface area contributed by atoms with Crippen molar-refractivity contribution in [3.63, 3.8) is 0 Å². The number of fused-ring (bicyclic) bond motifs is 1. The van der Waals surface area contributed by atoms with E-state index in [4.69, 9.17) is 9.72 Å². The fourth-order valence-corrected chi connectivity index (χ4v) is 4.27. The molecule has 1 heterocycles. The Morgan fingerprint density at radius 1 is 1.27 bits per heavy atom. The molecule has 1 atom stereocenters. The molecule has 30 heavy (non-hydrogen) atoms. The van der Waals surface area contributed by atoms with Crippen LogP contribution in [-0.2, 0) is 11.3 Å². The number of ether oxygens (including phenoxy) is 1. The number of aliphatic hydroxyl groups is 1. The molecule has 1 N–H and O–H groups in total. The highest BCUT2D eigenvalue weighted by molar-refractivity contribution is 5.94. The predicted molar refractivity (Wildman–Crippen MR) is 126 cm³/mol. The summed E-state index contributed by atoms with van der Waals surface area (Å²) in [6.07, 6.45) is 6.30. The first kappa shape index (κ1) is 22.5. The molecule has 1 aromatic carbocycles. The minimum atomic E-state index is -0.575. The zero-order chi connectivity index (χ0) is 22.1. The number of pyridine rings is 1. The number of aromatic nitrogens is 1. The van der Waals surface area contributed by atoms with Crippen molar-refractivity contribution in [2.24, 2.45) is 0 Å². The molecule has 0 radical (unpaired) electrons. The molecule has 2 aromatic rings. The quantitative estimate of drug-likeness (QED) is 0.555. The Morgan fingerprint density at radius 2 is 2.00 bits per heavy atom. The standard InChI is InChI=1S/C26H36N2O2/c1-17-15-22-21(14-13-20(27-22)16-28(6)7)24(19-11-9-8-10-12-19)23(17)25(18(2)29)30-26(3,4)5/h11,13-15,25,29H,2,8-10,12,16H2,1,3-7H3/t25-/m1/s1. The van der Waals surface area contributed by atoms with Crippen LogP contribution >= 0.6 is 0 Å². The van der Waals surface area contributed by atoms with Crippen molar-refractivity contribution in [2.75, 3.05) is 14.1 Å². The van der Waals surface area contributed by atoms with Gasteiger partial charge in [0, 0.05) is 11.9 Å². The van der Waals surface area contributed by atoms with Gasteiger partial charge >= 0.3 is 0 Å². The summed E-state index contributed by atoms with van der Waals surface area (Å²) in [7, 11) is 4.11. The second kappa shape index (κ2) is 8.91. The summed E-state index contributed by atoms with van der Waals surface area (Å²) in [5, 5.41) is 11.7. The van der Waals surface area contributed by atoms with Crippen LogP contribution in [0.15, 0.2) is 36.6 Å². The van der Waals surface area contributed by atoms with Gasteiger partial charge in [0.05, 0.1) is 16.8 Å². The van der Waals surface area contributed by atoms with E-state index in [0.717, 1.165) is 52.7 Å². The molecule has 1 aliphatic rings. The van der Waals surface area contributed by atoms with Gasteiger partial charge in [-0.05, 0) is 102 Å². The number of aliphatic hydroxyl groups excluding tert-OH is 1. The molecule has 0 amide bonds. The van der Waals surface area contributed by atoms with Gasteiger partial charge in [0.2, 0.25) is 0 Å². The highest BCUT2D eigenvalue weighted by Gasteiger charge is 2.29. The molecule has 0 saturated heterocycles. The van der Waals surface area contributed by atoms with Gasteiger partial charge in [0.15, 0.2) is 0 Å². The molecule has 0 spiro atoms. The van der Waals surface area contributed by atoms with Crippen LogP contribution in [0.4, 0.5) is 0 Å². The summed E-state index contributed by atoms with van der Waals surface area (Å²) in [6.45, 7) is 12.8. The van der Waals surface area contributed by atoms with Crippen molar-refractivity contribution in [2.45, 2.75) is 71.6 Å². The van der Waals surface area contributed by atoms with E-state index in [1.54, 1.807) is 0 Å². The number of hydrogen-bond acceptors (Lipinski definition) is 4. The Labute approximate surface area is 181 Å². The first-order valence-corrected chi connectivity index (χ1v) is 10.9. The zero-order valence-electron chi connectivity index (χ0n) is 19.4. The van der Waals surface area contributed by atoms with E-state index in [1.807, 2.05) is 20.8 Å². The van der Waals surface area contributed by atoms with Gasteiger partial charge in [-0.15, -0.1) is 0 Å². The van der Waals surface area contributed by atoms with Crippen molar-refractivity contribution < 1.29 is 9.84 Å². The summed E-state index contributed by atoms with van der Waals surface area (Å²) >= 11 is 0. The maximum atomic E-state index is 10.5. The van der Waals surface area contributed by atoms with Crippen LogP contribution in [-0.4, -0.2) is 34.7 Å². The molecule has 0 saturated carbocycles. The second-order valence-corrected chi connectivity index (χ2v) is 9.67. The van der Waals surface area contributed by atoms with Crippen molar-refractivity contribution in [1.82, 2.24) is 9.88 Å². The Hall–Kier alpha value is -2.17. The molecular formula is C26H36N2O2. The van der Waals surface area contributed by atoms with Crippen molar-refractivity contribution in [1.29, 1.82) is 0 Å². The van der Waals surface area contributed by atoms with Crippen LogP contribution in [0.1, 0.15) is 74.9 Å². The fraction of sp³-hybridized carbons (Fsp3) is 0.500. The third kappa shape index (κ3) is 5.11. The predicted octanol–water partition coefficient (Wildman–Crippen LogP) is 6.49. The van der Waals surface area contributed by atoms with Crippen molar-refractivity contribution in [3.05, 3.63) is 59.0 Å². The van der Waals surface area contributed by atoms with Gasteiger partial charge < -0.3 is 14.7 Å². The third-order valence-corrected chi connectivity index (χ3v) is 5.43. The maximum Gasteiger partial charge on any atom is 0.140 e. The molecule has 0 aliphatic heterocycles. The fourth-order valence-electron chi connectivity index (χ4n) is 4.27. The van der Waals surface area contributed by atoms with Gasteiger partial charge in [0.1, 0.15) is 11.9 Å². The Morgan fingerprint density at radius 3 is 2.57 bits per heavy atom. The Kier molecular flexibility index (Phi) is 6.68. The molecule has 3 rings (SSSR count). The molecular weight excluding hydrogens is 372 g/mol. The Balaban J connectivity index is 2.28. The summed E-state index contributed by atoms with van der Waals surface area (Å²) in [5.74, 6) is 0.0437. The van der Waals surface area contributed by atoms with Gasteiger partial charge in [0.25, 0.3) is 0 Å². The number of rotatable bonds is 6. The Bertz CT molecular complexity index is 967. The lowest BCUT2D eigenvalue weighted by Crippen LogP contribution is -2.25. The van der Waals surface area contributed by atoms with Crippen molar-refractivity contribution >= 4 is 16.5 Å². The lowest BCUT2D eigenvalue weighted by atomic mass is 9.84. The van der Waals surface area contributed by atoms with E-state index in [0.29, 0.717) is 0 Å². The summed E-state index contributed by atoms with van der Waals surface area (Å²) in [5.41, 5.74) is 6.22. The van der Waals surface area contributed by atoms with Crippen LogP contribution in [0.25, 0.3) is 16.5 Å². The minimum Gasteiger partial charge on any atom is -0.510 e. The van der Waals surface area contributed by atoms with E-state index in [-0.39, 0.29) is 5.76 Å². The molecule has 0 fully saturated rings. The van der Waals surface area contributed by atoms with Gasteiger partial charge in [-0.1, -0.05) is 18.7 Å².